The molecule has 0 aromatic heterocycles. The molecule has 1 saturated carbocycles. The van der Waals surface area contributed by atoms with Crippen LogP contribution in [0.15, 0.2) is 29.2 Å². The SMILES string of the molecule is O=C(O)C1(S(=O)(=O)c2ccc(F)cc2)CC(O)C1. The molecule has 0 unspecified atom stereocenters. The number of halogens is 1. The fourth-order valence-corrected chi connectivity index (χ4v) is 4.05. The lowest BCUT2D eigenvalue weighted by Crippen LogP contribution is -2.58. The largest absolute Gasteiger partial charge is 0.480 e. The van der Waals surface area contributed by atoms with Gasteiger partial charge in [0.1, 0.15) is 5.82 Å². The topological polar surface area (TPSA) is 91.7 Å². The van der Waals surface area contributed by atoms with Crippen LogP contribution >= 0.6 is 0 Å². The normalized spacial score (nSPS) is 27.6. The highest BCUT2D eigenvalue weighted by Gasteiger charge is 2.60. The summed E-state index contributed by atoms with van der Waals surface area (Å²) in [6.07, 6.45) is -1.62. The average molecular weight is 274 g/mol. The van der Waals surface area contributed by atoms with E-state index in [0.717, 1.165) is 24.3 Å². The highest BCUT2D eigenvalue weighted by atomic mass is 32.2. The number of carboxylic acids is 1. The third kappa shape index (κ3) is 1.70. The van der Waals surface area contributed by atoms with Crippen molar-refractivity contribution in [2.75, 3.05) is 0 Å². The van der Waals surface area contributed by atoms with Gasteiger partial charge in [0.15, 0.2) is 14.6 Å². The quantitative estimate of drug-likeness (QED) is 0.786. The number of carbonyl (C=O) groups is 1. The van der Waals surface area contributed by atoms with E-state index in [4.69, 9.17) is 5.11 Å². The number of aliphatic hydroxyl groups excluding tert-OH is 1. The van der Waals surface area contributed by atoms with Crippen molar-refractivity contribution in [1.82, 2.24) is 0 Å². The first-order chi connectivity index (χ1) is 8.29. The van der Waals surface area contributed by atoms with Gasteiger partial charge >= 0.3 is 5.97 Å². The Balaban J connectivity index is 2.48. The maximum atomic E-state index is 12.7. The Morgan fingerprint density at radius 3 is 2.17 bits per heavy atom. The van der Waals surface area contributed by atoms with E-state index in [0.29, 0.717) is 0 Å². The van der Waals surface area contributed by atoms with Crippen LogP contribution in [0, 0.1) is 5.82 Å². The third-order valence-electron chi connectivity index (χ3n) is 3.16. The zero-order valence-electron chi connectivity index (χ0n) is 9.21. The Kier molecular flexibility index (Phi) is 2.90. The molecule has 1 aliphatic carbocycles. The van der Waals surface area contributed by atoms with Crippen LogP contribution in [-0.4, -0.2) is 35.5 Å². The minimum Gasteiger partial charge on any atom is -0.480 e. The van der Waals surface area contributed by atoms with Crippen molar-refractivity contribution in [3.63, 3.8) is 0 Å². The van der Waals surface area contributed by atoms with Crippen LogP contribution in [0.1, 0.15) is 12.8 Å². The molecule has 2 rings (SSSR count). The summed E-state index contributed by atoms with van der Waals surface area (Å²) in [5, 5.41) is 18.3. The summed E-state index contributed by atoms with van der Waals surface area (Å²) in [4.78, 5) is 10.9. The Labute approximate surface area is 103 Å². The van der Waals surface area contributed by atoms with E-state index in [1.165, 1.54) is 0 Å². The number of rotatable bonds is 3. The van der Waals surface area contributed by atoms with Gasteiger partial charge in [-0.25, -0.2) is 12.8 Å². The summed E-state index contributed by atoms with van der Waals surface area (Å²) < 4.78 is 35.2. The maximum Gasteiger partial charge on any atom is 0.325 e. The predicted molar refractivity (Wildman–Crippen MR) is 59.2 cm³/mol. The van der Waals surface area contributed by atoms with Crippen LogP contribution in [0.4, 0.5) is 4.39 Å². The molecule has 0 heterocycles. The number of benzene rings is 1. The molecule has 0 amide bonds. The van der Waals surface area contributed by atoms with Crippen LogP contribution in [0.5, 0.6) is 0 Å². The second-order valence-electron chi connectivity index (χ2n) is 4.32. The summed E-state index contributed by atoms with van der Waals surface area (Å²) >= 11 is 0. The van der Waals surface area contributed by atoms with E-state index in [2.05, 4.69) is 0 Å². The second kappa shape index (κ2) is 4.03. The molecule has 1 aromatic rings. The molecule has 1 fully saturated rings. The van der Waals surface area contributed by atoms with Gasteiger partial charge in [0, 0.05) is 12.8 Å². The molecule has 0 atom stereocenters. The van der Waals surface area contributed by atoms with Crippen LogP contribution in [0.2, 0.25) is 0 Å². The number of sulfone groups is 1. The van der Waals surface area contributed by atoms with Gasteiger partial charge in [0.2, 0.25) is 0 Å². The van der Waals surface area contributed by atoms with Crippen molar-refractivity contribution in [2.24, 2.45) is 0 Å². The summed E-state index contributed by atoms with van der Waals surface area (Å²) in [7, 11) is -4.14. The number of aliphatic carboxylic acids is 1. The number of hydrogen-bond donors (Lipinski definition) is 2. The maximum absolute atomic E-state index is 12.7. The monoisotopic (exact) mass is 274 g/mol. The fourth-order valence-electron chi connectivity index (χ4n) is 2.05. The summed E-state index contributed by atoms with van der Waals surface area (Å²) in [6, 6.07) is 3.97. The molecule has 5 nitrogen and oxygen atoms in total. The third-order valence-corrected chi connectivity index (χ3v) is 5.59. The highest BCUT2D eigenvalue weighted by Crippen LogP contribution is 2.43. The Morgan fingerprint density at radius 2 is 1.78 bits per heavy atom. The minimum absolute atomic E-state index is 0.252. The van der Waals surface area contributed by atoms with Gasteiger partial charge in [-0.05, 0) is 24.3 Å². The molecule has 0 spiro atoms. The highest BCUT2D eigenvalue weighted by molar-refractivity contribution is 7.93. The van der Waals surface area contributed by atoms with Crippen LogP contribution in [0.3, 0.4) is 0 Å². The molecule has 0 aliphatic heterocycles. The second-order valence-corrected chi connectivity index (χ2v) is 6.58. The molecule has 0 saturated heterocycles. The Bertz CT molecular complexity index is 572. The number of hydrogen-bond acceptors (Lipinski definition) is 4. The fraction of sp³-hybridized carbons (Fsp3) is 0.364. The van der Waals surface area contributed by atoms with Crippen LogP contribution in [-0.2, 0) is 14.6 Å². The molecule has 7 heteroatoms. The molecular weight excluding hydrogens is 263 g/mol. The van der Waals surface area contributed by atoms with Crippen LogP contribution in [0.25, 0.3) is 0 Å². The molecule has 98 valence electrons. The Morgan fingerprint density at radius 1 is 1.28 bits per heavy atom. The summed E-state index contributed by atoms with van der Waals surface area (Å²) in [5.41, 5.74) is 0. The average Bonchev–Trinajstić information content (AvgIpc) is 2.24. The van der Waals surface area contributed by atoms with Gasteiger partial charge in [-0.3, -0.25) is 4.79 Å². The first-order valence-electron chi connectivity index (χ1n) is 5.21. The molecule has 18 heavy (non-hydrogen) atoms. The molecular formula is C11H11FO5S. The van der Waals surface area contributed by atoms with Gasteiger partial charge in [0.05, 0.1) is 11.0 Å². The van der Waals surface area contributed by atoms with E-state index < -0.39 is 32.5 Å². The van der Waals surface area contributed by atoms with E-state index in [1.807, 2.05) is 0 Å². The summed E-state index contributed by atoms with van der Waals surface area (Å²) in [6.45, 7) is 0. The molecule has 0 bridgehead atoms. The smallest absolute Gasteiger partial charge is 0.325 e. The molecule has 2 N–H and O–H groups in total. The van der Waals surface area contributed by atoms with Crippen molar-refractivity contribution in [1.29, 1.82) is 0 Å². The number of aliphatic hydroxyl groups is 1. The van der Waals surface area contributed by atoms with Gasteiger partial charge in [-0.15, -0.1) is 0 Å². The first-order valence-corrected chi connectivity index (χ1v) is 6.69. The van der Waals surface area contributed by atoms with E-state index in [1.54, 1.807) is 0 Å². The van der Waals surface area contributed by atoms with E-state index in [-0.39, 0.29) is 17.7 Å². The minimum atomic E-state index is -4.14. The Hall–Kier alpha value is -1.47. The lowest BCUT2D eigenvalue weighted by atomic mass is 9.81. The summed E-state index contributed by atoms with van der Waals surface area (Å²) in [5.74, 6) is -2.09. The van der Waals surface area contributed by atoms with Crippen molar-refractivity contribution in [3.05, 3.63) is 30.1 Å². The zero-order chi connectivity index (χ0) is 13.6. The van der Waals surface area contributed by atoms with Gasteiger partial charge in [-0.2, -0.15) is 0 Å². The van der Waals surface area contributed by atoms with E-state index >= 15 is 0 Å². The van der Waals surface area contributed by atoms with Crippen molar-refractivity contribution in [2.45, 2.75) is 28.6 Å². The van der Waals surface area contributed by atoms with Crippen molar-refractivity contribution < 1.29 is 27.8 Å². The zero-order valence-corrected chi connectivity index (χ0v) is 10.0. The first kappa shape index (κ1) is 13.0. The van der Waals surface area contributed by atoms with Crippen molar-refractivity contribution in [3.8, 4) is 0 Å². The van der Waals surface area contributed by atoms with Gasteiger partial charge in [0.25, 0.3) is 0 Å². The standard InChI is InChI=1S/C11H11FO5S/c12-7-1-3-9(4-2-7)18(16,17)11(10(14)15)5-8(13)6-11/h1-4,8,13H,5-6H2,(H,14,15). The predicted octanol–water partition coefficient (Wildman–Crippen LogP) is 0.577. The van der Waals surface area contributed by atoms with E-state index in [9.17, 15) is 22.7 Å². The molecule has 1 aromatic carbocycles. The lowest BCUT2D eigenvalue weighted by Gasteiger charge is -2.40. The molecule has 1 aliphatic rings. The van der Waals surface area contributed by atoms with Crippen LogP contribution < -0.4 is 0 Å². The lowest BCUT2D eigenvalue weighted by molar-refractivity contribution is -0.146. The number of carboxylic acid groups (broad SMARTS) is 1. The van der Waals surface area contributed by atoms with Gasteiger partial charge < -0.3 is 10.2 Å². The van der Waals surface area contributed by atoms with Crippen molar-refractivity contribution >= 4 is 15.8 Å². The van der Waals surface area contributed by atoms with Gasteiger partial charge in [-0.1, -0.05) is 0 Å². The molecule has 0 radical (unpaired) electrons.